The van der Waals surface area contributed by atoms with Crippen molar-refractivity contribution in [3.8, 4) is 0 Å². The van der Waals surface area contributed by atoms with E-state index in [0.717, 1.165) is 18.4 Å². The largest absolute Gasteiger partial charge is 0.339 e. The molecule has 0 heterocycles. The van der Waals surface area contributed by atoms with Crippen molar-refractivity contribution in [3.63, 3.8) is 0 Å². The van der Waals surface area contributed by atoms with E-state index in [2.05, 4.69) is 5.43 Å². The molecule has 0 spiro atoms. The van der Waals surface area contributed by atoms with Crippen LogP contribution in [0.4, 0.5) is 5.69 Å². The summed E-state index contributed by atoms with van der Waals surface area (Å²) in [5, 5.41) is 0. The van der Waals surface area contributed by atoms with Gasteiger partial charge in [0.1, 0.15) is 0 Å². The minimum absolute atomic E-state index is 0.0441. The van der Waals surface area contributed by atoms with Crippen molar-refractivity contribution in [2.45, 2.75) is 32.2 Å². The molecule has 1 saturated carbocycles. The molecule has 1 aliphatic carbocycles. The van der Waals surface area contributed by atoms with Gasteiger partial charge in [0.25, 0.3) is 5.91 Å². The zero-order valence-corrected chi connectivity index (χ0v) is 10.4. The lowest BCUT2D eigenvalue weighted by Crippen LogP contribution is -2.41. The van der Waals surface area contributed by atoms with Gasteiger partial charge in [0, 0.05) is 13.1 Å². The van der Waals surface area contributed by atoms with Gasteiger partial charge >= 0.3 is 0 Å². The van der Waals surface area contributed by atoms with E-state index in [9.17, 15) is 4.79 Å². The van der Waals surface area contributed by atoms with Gasteiger partial charge in [0.05, 0.1) is 11.3 Å². The number of hydrazine groups is 1. The molecule has 92 valence electrons. The van der Waals surface area contributed by atoms with Crippen molar-refractivity contribution in [1.82, 2.24) is 4.90 Å². The number of anilines is 1. The predicted molar refractivity (Wildman–Crippen MR) is 68.7 cm³/mol. The van der Waals surface area contributed by atoms with Gasteiger partial charge in [0.15, 0.2) is 0 Å². The summed E-state index contributed by atoms with van der Waals surface area (Å²) in [7, 11) is 1.87. The Morgan fingerprint density at radius 3 is 2.71 bits per heavy atom. The van der Waals surface area contributed by atoms with Crippen LogP contribution < -0.4 is 11.3 Å². The Kier molecular flexibility index (Phi) is 3.33. The Morgan fingerprint density at radius 2 is 2.18 bits per heavy atom. The molecule has 0 atom stereocenters. The molecule has 1 aromatic rings. The van der Waals surface area contributed by atoms with Crippen molar-refractivity contribution in [1.29, 1.82) is 0 Å². The number of carbonyl (C=O) groups excluding carboxylic acids is 1. The molecule has 3 N–H and O–H groups in total. The first kappa shape index (κ1) is 11.9. The molecule has 1 aromatic carbocycles. The van der Waals surface area contributed by atoms with Crippen LogP contribution in [0.5, 0.6) is 0 Å². The van der Waals surface area contributed by atoms with Gasteiger partial charge in [-0.05, 0) is 43.9 Å². The highest BCUT2D eigenvalue weighted by Gasteiger charge is 2.27. The maximum absolute atomic E-state index is 12.3. The summed E-state index contributed by atoms with van der Waals surface area (Å²) in [6, 6.07) is 6.06. The first-order valence-electron chi connectivity index (χ1n) is 5.98. The van der Waals surface area contributed by atoms with Crippen molar-refractivity contribution >= 4 is 11.6 Å². The van der Waals surface area contributed by atoms with Gasteiger partial charge in [-0.2, -0.15) is 0 Å². The molecule has 4 nitrogen and oxygen atoms in total. The molecule has 1 amide bonds. The molecule has 0 aliphatic heterocycles. The van der Waals surface area contributed by atoms with Crippen LogP contribution in [-0.4, -0.2) is 23.9 Å². The Morgan fingerprint density at radius 1 is 1.47 bits per heavy atom. The first-order valence-corrected chi connectivity index (χ1v) is 5.98. The Bertz CT molecular complexity index is 427. The molecule has 1 fully saturated rings. The van der Waals surface area contributed by atoms with E-state index in [1.165, 1.54) is 6.42 Å². The van der Waals surface area contributed by atoms with E-state index in [4.69, 9.17) is 5.84 Å². The molecule has 0 saturated heterocycles. The number of nitrogen functional groups attached to an aromatic ring is 1. The summed E-state index contributed by atoms with van der Waals surface area (Å²) >= 11 is 0. The van der Waals surface area contributed by atoms with Crippen LogP contribution in [-0.2, 0) is 0 Å². The summed E-state index contributed by atoms with van der Waals surface area (Å²) < 4.78 is 0. The number of nitrogens with two attached hydrogens (primary N) is 1. The van der Waals surface area contributed by atoms with E-state index in [-0.39, 0.29) is 5.91 Å². The van der Waals surface area contributed by atoms with Gasteiger partial charge < -0.3 is 10.3 Å². The highest BCUT2D eigenvalue weighted by molar-refractivity contribution is 5.99. The number of rotatable bonds is 3. The number of hydrogen-bond acceptors (Lipinski definition) is 3. The number of nitrogens with one attached hydrogen (secondary N) is 1. The number of aryl methyl sites for hydroxylation is 1. The number of carbonyl (C=O) groups is 1. The van der Waals surface area contributed by atoms with Crippen LogP contribution in [0.3, 0.4) is 0 Å². The lowest BCUT2D eigenvalue weighted by Gasteiger charge is -2.35. The van der Waals surface area contributed by atoms with Gasteiger partial charge in [-0.25, -0.2) is 0 Å². The molecule has 2 rings (SSSR count). The monoisotopic (exact) mass is 233 g/mol. The molecule has 1 aliphatic rings. The van der Waals surface area contributed by atoms with E-state index in [1.54, 1.807) is 0 Å². The number of benzene rings is 1. The van der Waals surface area contributed by atoms with Crippen molar-refractivity contribution < 1.29 is 4.79 Å². The maximum Gasteiger partial charge on any atom is 0.255 e. The fourth-order valence-corrected chi connectivity index (χ4v) is 2.09. The summed E-state index contributed by atoms with van der Waals surface area (Å²) in [5.74, 6) is 5.50. The highest BCUT2D eigenvalue weighted by Crippen LogP contribution is 2.26. The van der Waals surface area contributed by atoms with Crippen LogP contribution in [0.25, 0.3) is 0 Å². The third kappa shape index (κ3) is 2.26. The van der Waals surface area contributed by atoms with Gasteiger partial charge in [-0.15, -0.1) is 0 Å². The molecular weight excluding hydrogens is 214 g/mol. The van der Waals surface area contributed by atoms with E-state index >= 15 is 0 Å². The highest BCUT2D eigenvalue weighted by atomic mass is 16.2. The second-order valence-corrected chi connectivity index (χ2v) is 4.69. The second-order valence-electron chi connectivity index (χ2n) is 4.69. The van der Waals surface area contributed by atoms with Gasteiger partial charge in [-0.3, -0.25) is 10.6 Å². The SMILES string of the molecule is Cc1ccc(C(=O)N(C)C2CCC2)c(NN)c1. The maximum atomic E-state index is 12.3. The molecule has 0 radical (unpaired) electrons. The van der Waals surface area contributed by atoms with Gasteiger partial charge in [0.2, 0.25) is 0 Å². The van der Waals surface area contributed by atoms with Crippen LogP contribution >= 0.6 is 0 Å². The molecule has 17 heavy (non-hydrogen) atoms. The Labute approximate surface area is 102 Å². The van der Waals surface area contributed by atoms with Crippen LogP contribution in [0.1, 0.15) is 35.2 Å². The summed E-state index contributed by atoms with van der Waals surface area (Å²) in [6.07, 6.45) is 3.44. The predicted octanol–water partition coefficient (Wildman–Crippen LogP) is 1.91. The summed E-state index contributed by atoms with van der Waals surface area (Å²) in [6.45, 7) is 1.98. The Hall–Kier alpha value is -1.55. The van der Waals surface area contributed by atoms with Crippen molar-refractivity contribution in [2.24, 2.45) is 5.84 Å². The second kappa shape index (κ2) is 4.75. The van der Waals surface area contributed by atoms with Crippen molar-refractivity contribution in [3.05, 3.63) is 29.3 Å². The number of nitrogens with zero attached hydrogens (tertiary/aromatic N) is 1. The topological polar surface area (TPSA) is 58.4 Å². The van der Waals surface area contributed by atoms with E-state index in [1.807, 2.05) is 37.1 Å². The van der Waals surface area contributed by atoms with E-state index in [0.29, 0.717) is 17.3 Å². The summed E-state index contributed by atoms with van der Waals surface area (Å²) in [5.41, 5.74) is 5.03. The Balaban J connectivity index is 2.23. The molecule has 0 bridgehead atoms. The summed E-state index contributed by atoms with van der Waals surface area (Å²) in [4.78, 5) is 14.1. The minimum Gasteiger partial charge on any atom is -0.339 e. The molecule has 4 heteroatoms. The standard InChI is InChI=1S/C13H19N3O/c1-9-6-7-11(12(8-9)15-14)13(17)16(2)10-4-3-5-10/h6-8,10,15H,3-5,14H2,1-2H3. The fraction of sp³-hybridized carbons (Fsp3) is 0.462. The van der Waals surface area contributed by atoms with Crippen LogP contribution in [0.15, 0.2) is 18.2 Å². The van der Waals surface area contributed by atoms with Crippen LogP contribution in [0, 0.1) is 6.92 Å². The normalized spacial score (nSPS) is 15.2. The van der Waals surface area contributed by atoms with Crippen molar-refractivity contribution in [2.75, 3.05) is 12.5 Å². The zero-order valence-electron chi connectivity index (χ0n) is 10.4. The third-order valence-corrected chi connectivity index (χ3v) is 3.50. The fourth-order valence-electron chi connectivity index (χ4n) is 2.09. The average Bonchev–Trinajstić information content (AvgIpc) is 2.25. The number of hydrogen-bond donors (Lipinski definition) is 2. The average molecular weight is 233 g/mol. The lowest BCUT2D eigenvalue weighted by molar-refractivity contribution is 0.0653. The quantitative estimate of drug-likeness (QED) is 0.619. The molecular formula is C13H19N3O. The smallest absolute Gasteiger partial charge is 0.255 e. The molecule has 0 aromatic heterocycles. The van der Waals surface area contributed by atoms with Gasteiger partial charge in [-0.1, -0.05) is 6.07 Å². The number of amides is 1. The van der Waals surface area contributed by atoms with E-state index < -0.39 is 0 Å². The third-order valence-electron chi connectivity index (χ3n) is 3.50. The lowest BCUT2D eigenvalue weighted by atomic mass is 9.91. The van der Waals surface area contributed by atoms with Crippen LogP contribution in [0.2, 0.25) is 0 Å². The first-order chi connectivity index (χ1) is 8.13. The zero-order chi connectivity index (χ0) is 12.4. The minimum atomic E-state index is 0.0441. The molecule has 0 unspecified atom stereocenters.